The molecule has 0 atom stereocenters. The number of nitro benzene ring substituents is 1. The Morgan fingerprint density at radius 1 is 1.10 bits per heavy atom. The van der Waals surface area contributed by atoms with E-state index >= 15 is 0 Å². The zero-order valence-electron chi connectivity index (χ0n) is 10.5. The fraction of sp³-hybridized carbons (Fsp3) is 0.0714. The average Bonchev–Trinajstić information content (AvgIpc) is 2.47. The molecule has 0 saturated carbocycles. The van der Waals surface area contributed by atoms with Gasteiger partial charge in [0.2, 0.25) is 0 Å². The van der Waals surface area contributed by atoms with Crippen molar-refractivity contribution in [2.45, 2.75) is 6.61 Å². The normalized spacial score (nSPS) is 9.80. The molecule has 0 aromatic heterocycles. The van der Waals surface area contributed by atoms with E-state index in [4.69, 9.17) is 4.74 Å². The van der Waals surface area contributed by atoms with Gasteiger partial charge in [0.15, 0.2) is 0 Å². The van der Waals surface area contributed by atoms with Crippen LogP contribution in [-0.4, -0.2) is 11.0 Å². The van der Waals surface area contributed by atoms with Crippen LogP contribution in [-0.2, 0) is 11.3 Å². The Morgan fingerprint density at radius 2 is 1.75 bits per heavy atom. The van der Waals surface area contributed by atoms with E-state index in [9.17, 15) is 14.9 Å². The summed E-state index contributed by atoms with van der Waals surface area (Å²) < 4.78 is 5.03. The quantitative estimate of drug-likeness (QED) is 0.683. The maximum atomic E-state index is 11.5. The summed E-state index contributed by atoms with van der Waals surface area (Å²) in [6, 6.07) is 14.8. The fourth-order valence-electron chi connectivity index (χ4n) is 1.54. The number of non-ortho nitro benzene ring substituents is 1. The Hall–Kier alpha value is -2.89. The van der Waals surface area contributed by atoms with E-state index in [2.05, 4.69) is 5.32 Å². The van der Waals surface area contributed by atoms with Gasteiger partial charge in [-0.05, 0) is 17.7 Å². The molecule has 0 aliphatic carbocycles. The molecular weight excluding hydrogens is 260 g/mol. The van der Waals surface area contributed by atoms with Crippen molar-refractivity contribution in [1.82, 2.24) is 0 Å². The predicted molar refractivity (Wildman–Crippen MR) is 73.3 cm³/mol. The van der Waals surface area contributed by atoms with E-state index in [1.807, 2.05) is 30.3 Å². The number of rotatable bonds is 4. The minimum Gasteiger partial charge on any atom is -0.444 e. The smallest absolute Gasteiger partial charge is 0.411 e. The van der Waals surface area contributed by atoms with Gasteiger partial charge in [-0.1, -0.05) is 30.3 Å². The van der Waals surface area contributed by atoms with Crippen LogP contribution in [0.1, 0.15) is 5.56 Å². The minimum absolute atomic E-state index is 0.0341. The molecule has 0 spiro atoms. The van der Waals surface area contributed by atoms with Crippen LogP contribution in [0.5, 0.6) is 0 Å². The van der Waals surface area contributed by atoms with Gasteiger partial charge in [-0.25, -0.2) is 4.79 Å². The zero-order valence-corrected chi connectivity index (χ0v) is 10.5. The first-order valence-electron chi connectivity index (χ1n) is 5.87. The molecule has 0 saturated heterocycles. The first-order chi connectivity index (χ1) is 9.65. The van der Waals surface area contributed by atoms with Gasteiger partial charge in [0.25, 0.3) is 5.69 Å². The van der Waals surface area contributed by atoms with Gasteiger partial charge in [0.05, 0.1) is 4.92 Å². The van der Waals surface area contributed by atoms with Crippen molar-refractivity contribution >= 4 is 17.5 Å². The lowest BCUT2D eigenvalue weighted by Gasteiger charge is -2.06. The van der Waals surface area contributed by atoms with Crippen LogP contribution in [0.3, 0.4) is 0 Å². The number of carbonyl (C=O) groups is 1. The molecule has 1 N–H and O–H groups in total. The molecule has 0 bridgehead atoms. The third-order valence-electron chi connectivity index (χ3n) is 2.54. The second-order valence-electron chi connectivity index (χ2n) is 3.99. The monoisotopic (exact) mass is 272 g/mol. The number of carbonyl (C=O) groups excluding carboxylic acids is 1. The molecule has 2 aromatic carbocycles. The second kappa shape index (κ2) is 6.33. The highest BCUT2D eigenvalue weighted by Crippen LogP contribution is 2.15. The molecule has 2 aromatic rings. The third kappa shape index (κ3) is 3.81. The Morgan fingerprint density at radius 3 is 2.35 bits per heavy atom. The maximum Gasteiger partial charge on any atom is 0.411 e. The van der Waals surface area contributed by atoms with Gasteiger partial charge in [-0.15, -0.1) is 0 Å². The van der Waals surface area contributed by atoms with Crippen molar-refractivity contribution in [3.63, 3.8) is 0 Å². The highest BCUT2D eigenvalue weighted by molar-refractivity contribution is 5.84. The van der Waals surface area contributed by atoms with E-state index in [0.29, 0.717) is 5.69 Å². The van der Waals surface area contributed by atoms with E-state index < -0.39 is 11.0 Å². The van der Waals surface area contributed by atoms with Gasteiger partial charge < -0.3 is 4.74 Å². The van der Waals surface area contributed by atoms with Crippen molar-refractivity contribution in [1.29, 1.82) is 0 Å². The summed E-state index contributed by atoms with van der Waals surface area (Å²) in [6.45, 7) is 0.166. The lowest BCUT2D eigenvalue weighted by atomic mass is 10.2. The molecule has 6 heteroatoms. The maximum absolute atomic E-state index is 11.5. The highest BCUT2D eigenvalue weighted by Gasteiger charge is 2.07. The third-order valence-corrected chi connectivity index (χ3v) is 2.54. The fourth-order valence-corrected chi connectivity index (χ4v) is 1.54. The summed E-state index contributed by atoms with van der Waals surface area (Å²) in [5.74, 6) is 0. The molecule has 0 aliphatic rings. The van der Waals surface area contributed by atoms with Crippen molar-refractivity contribution in [3.05, 3.63) is 70.3 Å². The topological polar surface area (TPSA) is 81.5 Å². The molecule has 6 nitrogen and oxygen atoms in total. The van der Waals surface area contributed by atoms with Gasteiger partial charge in [0, 0.05) is 17.8 Å². The number of amides is 1. The average molecular weight is 272 g/mol. The number of benzene rings is 2. The van der Waals surface area contributed by atoms with Crippen molar-refractivity contribution in [3.8, 4) is 0 Å². The lowest BCUT2D eigenvalue weighted by molar-refractivity contribution is -0.384. The number of nitrogens with one attached hydrogen (secondary N) is 1. The van der Waals surface area contributed by atoms with Crippen molar-refractivity contribution in [2.24, 2.45) is 0 Å². The Bertz CT molecular complexity index is 596. The highest BCUT2D eigenvalue weighted by atomic mass is 16.6. The number of hydrogen-bond donors (Lipinski definition) is 1. The molecule has 0 heterocycles. The van der Waals surface area contributed by atoms with E-state index in [1.54, 1.807) is 0 Å². The molecular formula is C14H12N2O4. The second-order valence-corrected chi connectivity index (χ2v) is 3.99. The van der Waals surface area contributed by atoms with Crippen LogP contribution in [0, 0.1) is 10.1 Å². The number of nitro groups is 1. The van der Waals surface area contributed by atoms with Crippen LogP contribution < -0.4 is 5.32 Å². The molecule has 20 heavy (non-hydrogen) atoms. The molecule has 2 rings (SSSR count). The van der Waals surface area contributed by atoms with Gasteiger partial charge in [-0.2, -0.15) is 0 Å². The summed E-state index contributed by atoms with van der Waals surface area (Å²) in [5.41, 5.74) is 1.29. The molecule has 0 radical (unpaired) electrons. The molecule has 102 valence electrons. The molecule has 0 fully saturated rings. The van der Waals surface area contributed by atoms with Gasteiger partial charge in [-0.3, -0.25) is 15.4 Å². The Labute approximate surface area is 115 Å². The number of ether oxygens (including phenoxy) is 1. The van der Waals surface area contributed by atoms with Crippen LogP contribution in [0.15, 0.2) is 54.6 Å². The van der Waals surface area contributed by atoms with Crippen LogP contribution in [0.4, 0.5) is 16.2 Å². The van der Waals surface area contributed by atoms with Crippen LogP contribution in [0.25, 0.3) is 0 Å². The standard InChI is InChI=1S/C14H12N2O4/c17-14(20-10-11-4-2-1-3-5-11)15-12-6-8-13(9-7-12)16(18)19/h1-9H,10H2,(H,15,17). The summed E-state index contributed by atoms with van der Waals surface area (Å²) in [6.07, 6.45) is -0.609. The van der Waals surface area contributed by atoms with Crippen molar-refractivity contribution < 1.29 is 14.5 Å². The molecule has 0 unspecified atom stereocenters. The van der Waals surface area contributed by atoms with E-state index in [-0.39, 0.29) is 12.3 Å². The lowest BCUT2D eigenvalue weighted by Crippen LogP contribution is -2.13. The van der Waals surface area contributed by atoms with Gasteiger partial charge in [0.1, 0.15) is 6.61 Å². The molecule has 0 aliphatic heterocycles. The Kier molecular flexibility index (Phi) is 4.28. The van der Waals surface area contributed by atoms with Gasteiger partial charge >= 0.3 is 6.09 Å². The summed E-state index contributed by atoms with van der Waals surface area (Å²) in [5, 5.41) is 13.0. The first kappa shape index (κ1) is 13.5. The Balaban J connectivity index is 1.86. The largest absolute Gasteiger partial charge is 0.444 e. The van der Waals surface area contributed by atoms with E-state index in [1.165, 1.54) is 24.3 Å². The summed E-state index contributed by atoms with van der Waals surface area (Å²) in [4.78, 5) is 21.5. The van der Waals surface area contributed by atoms with Crippen LogP contribution in [0.2, 0.25) is 0 Å². The number of nitrogens with zero attached hydrogens (tertiary/aromatic N) is 1. The minimum atomic E-state index is -0.609. The zero-order chi connectivity index (χ0) is 14.4. The van der Waals surface area contributed by atoms with E-state index in [0.717, 1.165) is 5.56 Å². The first-order valence-corrected chi connectivity index (χ1v) is 5.87. The summed E-state index contributed by atoms with van der Waals surface area (Å²) in [7, 11) is 0. The molecule has 1 amide bonds. The van der Waals surface area contributed by atoms with Crippen molar-refractivity contribution in [2.75, 3.05) is 5.32 Å². The predicted octanol–water partition coefficient (Wildman–Crippen LogP) is 3.34. The number of anilines is 1. The summed E-state index contributed by atoms with van der Waals surface area (Å²) >= 11 is 0. The number of hydrogen-bond acceptors (Lipinski definition) is 4. The van der Waals surface area contributed by atoms with Crippen LogP contribution >= 0.6 is 0 Å². The SMILES string of the molecule is O=C(Nc1ccc([N+](=O)[O-])cc1)OCc1ccccc1.